The highest BCUT2D eigenvalue weighted by Crippen LogP contribution is 2.53. The van der Waals surface area contributed by atoms with E-state index in [2.05, 4.69) is 11.8 Å². The monoisotopic (exact) mass is 585 g/mol. The molecule has 6 nitrogen and oxygen atoms in total. The quantitative estimate of drug-likeness (QED) is 0.164. The Kier molecular flexibility index (Phi) is 9.75. The number of hydrogen-bond acceptors (Lipinski definition) is 5. The lowest BCUT2D eigenvalue weighted by Crippen LogP contribution is -2.56. The highest BCUT2D eigenvalue weighted by Gasteiger charge is 2.62. The number of halogens is 1. The van der Waals surface area contributed by atoms with E-state index in [9.17, 15) is 24.0 Å². The molecule has 8 heteroatoms. The van der Waals surface area contributed by atoms with Crippen LogP contribution in [0.15, 0.2) is 103 Å². The molecule has 0 fully saturated rings. The van der Waals surface area contributed by atoms with Gasteiger partial charge in [-0.2, -0.15) is 0 Å². The van der Waals surface area contributed by atoms with Crippen LogP contribution in [0.2, 0.25) is 0 Å². The molecule has 42 heavy (non-hydrogen) atoms. The van der Waals surface area contributed by atoms with Crippen LogP contribution in [0.25, 0.3) is 0 Å². The van der Waals surface area contributed by atoms with Gasteiger partial charge in [-0.1, -0.05) is 105 Å². The number of nitrogens with zero attached hydrogens (tertiary/aromatic N) is 1. The Balaban J connectivity index is 2.02. The molecule has 0 aliphatic heterocycles. The molecular weight excluding hydrogens is 552 g/mol. The number of benzene rings is 3. The zero-order valence-electron chi connectivity index (χ0n) is 23.6. The van der Waals surface area contributed by atoms with Crippen molar-refractivity contribution in [2.24, 2.45) is 5.92 Å². The van der Waals surface area contributed by atoms with Crippen LogP contribution < -0.4 is 0 Å². The average Bonchev–Trinajstić information content (AvgIpc) is 2.99. The molecule has 0 radical (unpaired) electrons. The Bertz CT molecular complexity index is 1560. The van der Waals surface area contributed by atoms with Gasteiger partial charge in [-0.05, 0) is 41.0 Å². The zero-order chi connectivity index (χ0) is 30.3. The fourth-order valence-electron chi connectivity index (χ4n) is 5.03. The maximum atomic E-state index is 13.8. The van der Waals surface area contributed by atoms with Crippen molar-refractivity contribution in [1.82, 2.24) is 4.98 Å². The molecular formula is C34H33FNO5P. The van der Waals surface area contributed by atoms with Gasteiger partial charge in [-0.25, -0.2) is 9.18 Å². The first-order valence-electron chi connectivity index (χ1n) is 13.5. The van der Waals surface area contributed by atoms with Gasteiger partial charge in [0.15, 0.2) is 0 Å². The van der Waals surface area contributed by atoms with Crippen molar-refractivity contribution in [1.29, 1.82) is 0 Å². The standard InChI is InChI=1S/C34H33FNO5P/c1-24(2)21-22-34(32(37)38,42(40)41-3)33(39,23-25-17-19-28(35)20-18-25)30-16-10-15-29(36-30)31(26-11-6-4-7-12-26)27-13-8-5-9-14-27/h4-20,24,31,39,42H,23H2,1-3H3,(H,37,38). The van der Waals surface area contributed by atoms with Gasteiger partial charge in [0.25, 0.3) is 0 Å². The van der Waals surface area contributed by atoms with E-state index in [0.717, 1.165) is 18.2 Å². The van der Waals surface area contributed by atoms with Gasteiger partial charge >= 0.3 is 5.97 Å². The molecule has 0 aliphatic carbocycles. The van der Waals surface area contributed by atoms with E-state index in [0.29, 0.717) is 11.3 Å². The van der Waals surface area contributed by atoms with Gasteiger partial charge in [0.1, 0.15) is 11.4 Å². The van der Waals surface area contributed by atoms with Crippen molar-refractivity contribution in [2.75, 3.05) is 7.11 Å². The highest BCUT2D eigenvalue weighted by atomic mass is 31.1. The van der Waals surface area contributed by atoms with E-state index >= 15 is 0 Å². The molecule has 0 saturated heterocycles. The second-order valence-electron chi connectivity index (χ2n) is 10.3. The van der Waals surface area contributed by atoms with Gasteiger partial charge < -0.3 is 14.7 Å². The minimum Gasteiger partial charge on any atom is -0.480 e. The predicted molar refractivity (Wildman–Crippen MR) is 161 cm³/mol. The molecule has 4 aromatic rings. The van der Waals surface area contributed by atoms with Gasteiger partial charge in [-0.15, -0.1) is 0 Å². The summed E-state index contributed by atoms with van der Waals surface area (Å²) in [6.45, 7) is 3.51. The van der Waals surface area contributed by atoms with Crippen molar-refractivity contribution in [3.05, 3.63) is 137 Å². The van der Waals surface area contributed by atoms with E-state index < -0.39 is 30.6 Å². The molecule has 4 rings (SSSR count). The third kappa shape index (κ3) is 6.22. The summed E-state index contributed by atoms with van der Waals surface area (Å²) in [5.74, 6) is 2.70. The Labute approximate surface area is 246 Å². The van der Waals surface area contributed by atoms with Gasteiger partial charge in [0.05, 0.1) is 17.3 Å². The second-order valence-corrected chi connectivity index (χ2v) is 12.1. The molecule has 0 spiro atoms. The van der Waals surface area contributed by atoms with Crippen molar-refractivity contribution in [3.63, 3.8) is 0 Å². The number of hydrogen-bond donors (Lipinski definition) is 2. The number of rotatable bonds is 10. The van der Waals surface area contributed by atoms with Crippen molar-refractivity contribution in [3.8, 4) is 11.8 Å². The van der Waals surface area contributed by atoms with Crippen molar-refractivity contribution < 1.29 is 28.5 Å². The molecule has 3 unspecified atom stereocenters. The molecule has 0 aliphatic rings. The van der Waals surface area contributed by atoms with E-state index in [4.69, 9.17) is 9.51 Å². The average molecular weight is 586 g/mol. The van der Waals surface area contributed by atoms with E-state index in [-0.39, 0.29) is 24.0 Å². The third-order valence-corrected chi connectivity index (χ3v) is 8.85. The minimum atomic E-state index is -3.58. The van der Waals surface area contributed by atoms with Crippen LogP contribution in [0.4, 0.5) is 4.39 Å². The summed E-state index contributed by atoms with van der Waals surface area (Å²) in [6.07, 6.45) is -0.371. The van der Waals surface area contributed by atoms with Crippen molar-refractivity contribution in [2.45, 2.75) is 36.9 Å². The first-order valence-corrected chi connectivity index (χ1v) is 14.8. The summed E-state index contributed by atoms with van der Waals surface area (Å²) >= 11 is 0. The first-order chi connectivity index (χ1) is 20.1. The van der Waals surface area contributed by atoms with Gasteiger partial charge in [0.2, 0.25) is 13.2 Å². The maximum absolute atomic E-state index is 13.8. The van der Waals surface area contributed by atoms with E-state index in [1.165, 1.54) is 30.3 Å². The number of pyridine rings is 1. The third-order valence-electron chi connectivity index (χ3n) is 7.11. The first kappa shape index (κ1) is 30.9. The van der Waals surface area contributed by atoms with E-state index in [1.807, 2.05) is 60.7 Å². The van der Waals surface area contributed by atoms with Crippen LogP contribution in [0.5, 0.6) is 0 Å². The predicted octanol–water partition coefficient (Wildman–Crippen LogP) is 6.44. The SMILES string of the molecule is CO[PH](=O)C(C#CC(C)C)(C(=O)O)C(O)(Cc1ccc(F)cc1)c1cccc(C(c2ccccc2)c2ccccc2)n1. The summed E-state index contributed by atoms with van der Waals surface area (Å²) in [5, 5.41) is 20.8. The lowest BCUT2D eigenvalue weighted by Gasteiger charge is -2.40. The van der Waals surface area contributed by atoms with Gasteiger partial charge in [-0.3, -0.25) is 9.55 Å². The van der Waals surface area contributed by atoms with Crippen LogP contribution in [0.1, 0.15) is 47.8 Å². The number of aromatic nitrogens is 1. The minimum absolute atomic E-state index is 0.0444. The summed E-state index contributed by atoms with van der Waals surface area (Å²) in [5.41, 5.74) is 0.317. The normalized spacial score (nSPS) is 14.8. The number of carboxylic acids is 1. The lowest BCUT2D eigenvalue weighted by atomic mass is 9.77. The number of aliphatic hydroxyl groups is 1. The Hall–Kier alpha value is -4.08. The van der Waals surface area contributed by atoms with Crippen LogP contribution in [-0.2, 0) is 25.9 Å². The van der Waals surface area contributed by atoms with Crippen LogP contribution in [-0.4, -0.2) is 33.4 Å². The number of carbonyl (C=O) groups is 1. The Morgan fingerprint density at radius 2 is 1.50 bits per heavy atom. The Morgan fingerprint density at radius 3 is 2.00 bits per heavy atom. The molecule has 3 aromatic carbocycles. The van der Waals surface area contributed by atoms with Crippen molar-refractivity contribution >= 4 is 14.0 Å². The van der Waals surface area contributed by atoms with Gasteiger partial charge in [0, 0.05) is 19.4 Å². The summed E-state index contributed by atoms with van der Waals surface area (Å²) in [7, 11) is -2.45. The molecule has 3 atom stereocenters. The lowest BCUT2D eigenvalue weighted by molar-refractivity contribution is -0.146. The number of aliphatic carboxylic acids is 1. The zero-order valence-corrected chi connectivity index (χ0v) is 24.6. The van der Waals surface area contributed by atoms with Crippen LogP contribution in [0.3, 0.4) is 0 Å². The topological polar surface area (TPSA) is 96.7 Å². The fourth-order valence-corrected chi connectivity index (χ4v) is 6.24. The number of carboxylic acid groups (broad SMARTS) is 1. The summed E-state index contributed by atoms with van der Waals surface area (Å²) in [6, 6.07) is 29.6. The van der Waals surface area contributed by atoms with E-state index in [1.54, 1.807) is 26.0 Å². The van der Waals surface area contributed by atoms with Crippen LogP contribution >= 0.6 is 8.03 Å². The second kappa shape index (κ2) is 13.3. The smallest absolute Gasteiger partial charge is 0.335 e. The van der Waals surface area contributed by atoms with Crippen LogP contribution in [0, 0.1) is 23.6 Å². The summed E-state index contributed by atoms with van der Waals surface area (Å²) < 4.78 is 32.6. The molecule has 0 bridgehead atoms. The molecule has 0 amide bonds. The largest absolute Gasteiger partial charge is 0.480 e. The highest BCUT2D eigenvalue weighted by molar-refractivity contribution is 7.43. The Morgan fingerprint density at radius 1 is 0.929 bits per heavy atom. The molecule has 0 saturated carbocycles. The molecule has 1 heterocycles. The fraction of sp³-hybridized carbons (Fsp3) is 0.235. The molecule has 2 N–H and O–H groups in total. The summed E-state index contributed by atoms with van der Waals surface area (Å²) in [4.78, 5) is 18.0. The molecule has 1 aromatic heterocycles. The maximum Gasteiger partial charge on any atom is 0.335 e. The molecule has 216 valence electrons.